The zero-order chi connectivity index (χ0) is 22.2. The minimum atomic E-state index is -1.78. The van der Waals surface area contributed by atoms with Crippen LogP contribution >= 0.6 is 0 Å². The van der Waals surface area contributed by atoms with Gasteiger partial charge in [-0.2, -0.15) is 0 Å². The Morgan fingerprint density at radius 1 is 0.633 bits per heavy atom. The minimum Gasteiger partial charge on any atom is -0.394 e. The van der Waals surface area contributed by atoms with Gasteiger partial charge in [-0.3, -0.25) is 0 Å². The Labute approximate surface area is 170 Å². The summed E-state index contributed by atoms with van der Waals surface area (Å²) in [4.78, 5) is 0. The smallest absolute Gasteiger partial charge is 0.186 e. The molecule has 3 aliphatic rings. The molecule has 176 valence electrons. The second-order valence-corrected chi connectivity index (χ2v) is 7.44. The van der Waals surface area contributed by atoms with Crippen molar-refractivity contribution in [3.8, 4) is 0 Å². The largest absolute Gasteiger partial charge is 0.394 e. The third-order valence-electron chi connectivity index (χ3n) is 5.30. The molecular weight excluding hydrogens is 416 g/mol. The molecule has 0 saturated carbocycles. The Bertz CT molecular complexity index is 552. The van der Waals surface area contributed by atoms with E-state index in [4.69, 9.17) is 23.7 Å². The minimum absolute atomic E-state index is 0.362. The van der Waals surface area contributed by atoms with Gasteiger partial charge in [0.1, 0.15) is 61.0 Å². The zero-order valence-corrected chi connectivity index (χ0v) is 15.7. The van der Waals surface area contributed by atoms with Gasteiger partial charge in [-0.15, -0.1) is 0 Å². The first kappa shape index (κ1) is 24.1. The zero-order valence-electron chi connectivity index (χ0n) is 15.7. The van der Waals surface area contributed by atoms with Crippen molar-refractivity contribution in [2.24, 2.45) is 0 Å². The quantitative estimate of drug-likeness (QED) is 0.192. The lowest BCUT2D eigenvalue weighted by Gasteiger charge is -2.45. The maximum Gasteiger partial charge on any atom is 0.186 e. The van der Waals surface area contributed by atoms with Gasteiger partial charge in [0.15, 0.2) is 18.9 Å². The van der Waals surface area contributed by atoms with E-state index < -0.39 is 93.1 Å². The molecule has 3 fully saturated rings. The van der Waals surface area contributed by atoms with Crippen molar-refractivity contribution < 1.29 is 69.6 Å². The molecular formula is C16H28O14. The van der Waals surface area contributed by atoms with Crippen molar-refractivity contribution in [2.75, 3.05) is 19.8 Å². The van der Waals surface area contributed by atoms with Crippen LogP contribution < -0.4 is 0 Å². The summed E-state index contributed by atoms with van der Waals surface area (Å²) in [5.74, 6) is 0. The molecule has 0 radical (unpaired) electrons. The van der Waals surface area contributed by atoms with Crippen molar-refractivity contribution >= 4 is 0 Å². The summed E-state index contributed by atoms with van der Waals surface area (Å²) < 4.78 is 25.9. The average molecular weight is 444 g/mol. The molecule has 3 rings (SSSR count). The van der Waals surface area contributed by atoms with Crippen molar-refractivity contribution in [2.45, 2.75) is 79.9 Å². The van der Waals surface area contributed by atoms with Crippen LogP contribution in [0.15, 0.2) is 0 Å². The predicted octanol–water partition coefficient (Wildman–Crippen LogP) is -6.29. The summed E-state index contributed by atoms with van der Waals surface area (Å²) in [6.07, 6.45) is -20.1. The van der Waals surface area contributed by atoms with E-state index in [1.54, 1.807) is 0 Å². The number of hydrogen-bond acceptors (Lipinski definition) is 14. The van der Waals surface area contributed by atoms with Crippen molar-refractivity contribution in [1.82, 2.24) is 0 Å². The maximum absolute atomic E-state index is 10.5. The van der Waals surface area contributed by atoms with E-state index in [9.17, 15) is 46.0 Å². The highest BCUT2D eigenvalue weighted by Crippen LogP contribution is 2.29. The van der Waals surface area contributed by atoms with Crippen molar-refractivity contribution in [1.29, 1.82) is 0 Å². The molecule has 0 aliphatic carbocycles. The van der Waals surface area contributed by atoms with E-state index in [-0.39, 0.29) is 6.61 Å². The van der Waals surface area contributed by atoms with Crippen LogP contribution in [0, 0.1) is 0 Å². The highest BCUT2D eigenvalue weighted by molar-refractivity contribution is 4.93. The fourth-order valence-corrected chi connectivity index (χ4v) is 3.50. The predicted molar refractivity (Wildman–Crippen MR) is 89.2 cm³/mol. The molecule has 14 nitrogen and oxygen atoms in total. The lowest BCUT2D eigenvalue weighted by molar-refractivity contribution is -0.361. The van der Waals surface area contributed by atoms with Crippen LogP contribution in [0.25, 0.3) is 0 Å². The molecule has 3 saturated heterocycles. The van der Waals surface area contributed by atoms with Crippen LogP contribution in [0.5, 0.6) is 0 Å². The molecule has 0 aromatic heterocycles. The average Bonchev–Trinajstić information content (AvgIpc) is 2.72. The molecule has 0 aromatic carbocycles. The van der Waals surface area contributed by atoms with Gasteiger partial charge >= 0.3 is 0 Å². The molecule has 9 N–H and O–H groups in total. The standard InChI is InChI=1S/C16H28O14/c17-1-6-8(21)13(10(23)14(25)28-6)30-16-11(24)12(5(19)3-27-16)29-15-9(22)7(20)4(18)2-26-15/h4-25H,1-3H2/t4-,5-,6-,7+,8-,9+,10-,11-,12+,13+,14-,15-,16-/m1/s1. The summed E-state index contributed by atoms with van der Waals surface area (Å²) in [6.45, 7) is -1.46. The Hall–Kier alpha value is -0.560. The van der Waals surface area contributed by atoms with Gasteiger partial charge in [0.05, 0.1) is 19.8 Å². The van der Waals surface area contributed by atoms with E-state index in [0.29, 0.717) is 0 Å². The summed E-state index contributed by atoms with van der Waals surface area (Å²) in [5, 5.41) is 89.0. The van der Waals surface area contributed by atoms with Crippen LogP contribution in [0.4, 0.5) is 0 Å². The van der Waals surface area contributed by atoms with E-state index >= 15 is 0 Å². The van der Waals surface area contributed by atoms with Gasteiger partial charge in [-0.05, 0) is 0 Å². The highest BCUT2D eigenvalue weighted by atomic mass is 16.7. The number of aliphatic hydroxyl groups is 9. The number of aliphatic hydroxyl groups excluding tert-OH is 9. The molecule has 0 unspecified atom stereocenters. The SMILES string of the molecule is OC[C@H]1O[C@@H](O)[C@H](O)[C@@H](O[C@H]2OC[C@@H](O)[C@H](O[C@H]3OC[C@@H](O)[C@H](O)[C@@H]3O)[C@H]2O)[C@@H]1O. The van der Waals surface area contributed by atoms with Crippen LogP contribution in [0.2, 0.25) is 0 Å². The third-order valence-corrected chi connectivity index (χ3v) is 5.30. The van der Waals surface area contributed by atoms with Gasteiger partial charge in [0.25, 0.3) is 0 Å². The van der Waals surface area contributed by atoms with Crippen molar-refractivity contribution in [3.63, 3.8) is 0 Å². The van der Waals surface area contributed by atoms with Gasteiger partial charge in [-0.1, -0.05) is 0 Å². The molecule has 0 aromatic rings. The number of ether oxygens (including phenoxy) is 5. The first-order valence-electron chi connectivity index (χ1n) is 9.40. The fourth-order valence-electron chi connectivity index (χ4n) is 3.50. The number of hydrogen-bond donors (Lipinski definition) is 9. The molecule has 13 atom stereocenters. The van der Waals surface area contributed by atoms with Crippen LogP contribution in [-0.2, 0) is 23.7 Å². The van der Waals surface area contributed by atoms with E-state index in [1.165, 1.54) is 0 Å². The van der Waals surface area contributed by atoms with E-state index in [1.807, 2.05) is 0 Å². The Kier molecular flexibility index (Phi) is 7.97. The molecule has 0 bridgehead atoms. The van der Waals surface area contributed by atoms with Gasteiger partial charge in [-0.25, -0.2) is 0 Å². The van der Waals surface area contributed by atoms with E-state index in [0.717, 1.165) is 0 Å². The molecule has 14 heteroatoms. The van der Waals surface area contributed by atoms with Crippen LogP contribution in [0.1, 0.15) is 0 Å². The second kappa shape index (κ2) is 9.93. The van der Waals surface area contributed by atoms with E-state index in [2.05, 4.69) is 0 Å². The second-order valence-electron chi connectivity index (χ2n) is 7.44. The fraction of sp³-hybridized carbons (Fsp3) is 1.00. The van der Waals surface area contributed by atoms with Crippen molar-refractivity contribution in [3.05, 3.63) is 0 Å². The lowest BCUT2D eigenvalue weighted by atomic mass is 9.98. The molecule has 0 spiro atoms. The first-order valence-corrected chi connectivity index (χ1v) is 9.40. The Morgan fingerprint density at radius 3 is 1.83 bits per heavy atom. The topological polar surface area (TPSA) is 228 Å². The first-order chi connectivity index (χ1) is 14.1. The maximum atomic E-state index is 10.5. The molecule has 0 amide bonds. The normalized spacial score (nSPS) is 52.9. The third kappa shape index (κ3) is 4.77. The van der Waals surface area contributed by atoms with Gasteiger partial charge in [0.2, 0.25) is 0 Å². The highest BCUT2D eigenvalue weighted by Gasteiger charge is 2.50. The van der Waals surface area contributed by atoms with Gasteiger partial charge < -0.3 is 69.6 Å². The summed E-state index contributed by atoms with van der Waals surface area (Å²) in [7, 11) is 0. The van der Waals surface area contributed by atoms with Gasteiger partial charge in [0, 0.05) is 0 Å². The monoisotopic (exact) mass is 444 g/mol. The molecule has 30 heavy (non-hydrogen) atoms. The summed E-state index contributed by atoms with van der Waals surface area (Å²) >= 11 is 0. The Morgan fingerprint density at radius 2 is 1.20 bits per heavy atom. The molecule has 3 heterocycles. The van der Waals surface area contributed by atoms with Crippen LogP contribution in [-0.4, -0.2) is 146 Å². The summed E-state index contributed by atoms with van der Waals surface area (Å²) in [5.41, 5.74) is 0. The number of rotatable bonds is 5. The molecule has 3 aliphatic heterocycles. The van der Waals surface area contributed by atoms with Crippen LogP contribution in [0.3, 0.4) is 0 Å². The summed E-state index contributed by atoms with van der Waals surface area (Å²) in [6, 6.07) is 0. The lowest BCUT2D eigenvalue weighted by Crippen LogP contribution is -2.64. The Balaban J connectivity index is 1.67.